The van der Waals surface area contributed by atoms with Crippen LogP contribution in [0.3, 0.4) is 0 Å². The molecular formula is C11H10BrNO. The Morgan fingerprint density at radius 3 is 2.79 bits per heavy atom. The van der Waals surface area contributed by atoms with Crippen LogP contribution in [-0.4, -0.2) is 10.7 Å². The average Bonchev–Trinajstić information content (AvgIpc) is 2.88. The summed E-state index contributed by atoms with van der Waals surface area (Å²) in [6.45, 7) is 0. The van der Waals surface area contributed by atoms with Gasteiger partial charge in [-0.15, -0.1) is 0 Å². The molecule has 0 spiro atoms. The molecule has 2 nitrogen and oxygen atoms in total. The van der Waals surface area contributed by atoms with Crippen LogP contribution in [0.15, 0.2) is 22.7 Å². The van der Waals surface area contributed by atoms with Gasteiger partial charge in [0, 0.05) is 10.9 Å². The molecule has 0 heterocycles. The van der Waals surface area contributed by atoms with Crippen molar-refractivity contribution in [1.82, 2.24) is 0 Å². The number of nitrogens with zero attached hydrogens (tertiary/aromatic N) is 1. The van der Waals surface area contributed by atoms with E-state index < -0.39 is 5.60 Å². The van der Waals surface area contributed by atoms with E-state index in [9.17, 15) is 5.11 Å². The van der Waals surface area contributed by atoms with Gasteiger partial charge < -0.3 is 5.11 Å². The fourth-order valence-corrected chi connectivity index (χ4v) is 1.84. The number of rotatable bonds is 2. The van der Waals surface area contributed by atoms with Gasteiger partial charge in [0.1, 0.15) is 0 Å². The van der Waals surface area contributed by atoms with E-state index in [2.05, 4.69) is 22.0 Å². The minimum absolute atomic E-state index is 0.503. The van der Waals surface area contributed by atoms with Crippen LogP contribution in [0, 0.1) is 11.3 Å². The number of hydrogen-bond acceptors (Lipinski definition) is 2. The highest BCUT2D eigenvalue weighted by atomic mass is 79.9. The number of halogens is 1. The monoisotopic (exact) mass is 251 g/mol. The SMILES string of the molecule is N#Cc1ccc(Br)c(CC2(O)CC2)c1. The second-order valence-electron chi connectivity index (χ2n) is 3.82. The van der Waals surface area contributed by atoms with Gasteiger partial charge in [0.05, 0.1) is 17.2 Å². The van der Waals surface area contributed by atoms with Crippen molar-refractivity contribution in [3.05, 3.63) is 33.8 Å². The van der Waals surface area contributed by atoms with Crippen molar-refractivity contribution >= 4 is 15.9 Å². The van der Waals surface area contributed by atoms with Gasteiger partial charge in [-0.05, 0) is 36.6 Å². The second kappa shape index (κ2) is 3.38. The fourth-order valence-electron chi connectivity index (χ4n) is 1.46. The summed E-state index contributed by atoms with van der Waals surface area (Å²) in [7, 11) is 0. The zero-order chi connectivity index (χ0) is 10.2. The van der Waals surface area contributed by atoms with Crippen molar-refractivity contribution in [2.24, 2.45) is 0 Å². The summed E-state index contributed by atoms with van der Waals surface area (Å²) in [5.74, 6) is 0. The van der Waals surface area contributed by atoms with Gasteiger partial charge >= 0.3 is 0 Å². The zero-order valence-electron chi connectivity index (χ0n) is 7.63. The summed E-state index contributed by atoms with van der Waals surface area (Å²) in [5, 5.41) is 18.5. The lowest BCUT2D eigenvalue weighted by molar-refractivity contribution is 0.151. The van der Waals surface area contributed by atoms with E-state index >= 15 is 0 Å². The fraction of sp³-hybridized carbons (Fsp3) is 0.364. The third kappa shape index (κ3) is 1.97. The van der Waals surface area contributed by atoms with Gasteiger partial charge in [-0.25, -0.2) is 0 Å². The largest absolute Gasteiger partial charge is 0.390 e. The Balaban J connectivity index is 2.27. The third-order valence-electron chi connectivity index (χ3n) is 2.52. The number of nitriles is 1. The van der Waals surface area contributed by atoms with Crippen molar-refractivity contribution in [3.63, 3.8) is 0 Å². The highest BCUT2D eigenvalue weighted by Gasteiger charge is 2.40. The number of benzene rings is 1. The molecule has 1 aromatic rings. The van der Waals surface area contributed by atoms with E-state index in [1.54, 1.807) is 6.07 Å². The lowest BCUT2D eigenvalue weighted by atomic mass is 10.0. The molecule has 14 heavy (non-hydrogen) atoms. The van der Waals surface area contributed by atoms with Crippen LogP contribution in [0.2, 0.25) is 0 Å². The molecule has 0 amide bonds. The topological polar surface area (TPSA) is 44.0 Å². The average molecular weight is 252 g/mol. The Labute approximate surface area is 91.3 Å². The highest BCUT2D eigenvalue weighted by molar-refractivity contribution is 9.10. The summed E-state index contributed by atoms with van der Waals surface area (Å²) in [6.07, 6.45) is 2.38. The van der Waals surface area contributed by atoms with E-state index in [4.69, 9.17) is 5.26 Å². The maximum Gasteiger partial charge on any atom is 0.0991 e. The van der Waals surface area contributed by atoms with E-state index in [1.165, 1.54) is 0 Å². The molecular weight excluding hydrogens is 242 g/mol. The Morgan fingerprint density at radius 2 is 2.21 bits per heavy atom. The van der Waals surface area contributed by atoms with Crippen LogP contribution < -0.4 is 0 Å². The molecule has 1 aliphatic carbocycles. The third-order valence-corrected chi connectivity index (χ3v) is 3.30. The Hall–Kier alpha value is -0.850. The van der Waals surface area contributed by atoms with E-state index in [0.717, 1.165) is 22.9 Å². The summed E-state index contributed by atoms with van der Waals surface area (Å²) >= 11 is 3.42. The summed E-state index contributed by atoms with van der Waals surface area (Å²) in [4.78, 5) is 0. The smallest absolute Gasteiger partial charge is 0.0991 e. The molecule has 72 valence electrons. The molecule has 1 saturated carbocycles. The molecule has 1 fully saturated rings. The molecule has 2 rings (SSSR count). The standard InChI is InChI=1S/C11H10BrNO/c12-10-2-1-8(7-13)5-9(10)6-11(14)3-4-11/h1-2,5,14H,3-4,6H2. The Bertz CT molecular complexity index is 404. The molecule has 0 aromatic heterocycles. The summed E-state index contributed by atoms with van der Waals surface area (Å²) in [6, 6.07) is 7.56. The van der Waals surface area contributed by atoms with Crippen LogP contribution in [0.4, 0.5) is 0 Å². The van der Waals surface area contributed by atoms with Crippen LogP contribution in [-0.2, 0) is 6.42 Å². The maximum absolute atomic E-state index is 9.77. The molecule has 0 aliphatic heterocycles. The second-order valence-corrected chi connectivity index (χ2v) is 4.67. The summed E-state index contributed by atoms with van der Waals surface area (Å²) in [5.41, 5.74) is 1.16. The molecule has 0 radical (unpaired) electrons. The van der Waals surface area contributed by atoms with E-state index in [0.29, 0.717) is 12.0 Å². The van der Waals surface area contributed by atoms with Crippen molar-refractivity contribution in [3.8, 4) is 6.07 Å². The predicted octanol–water partition coefficient (Wildman–Crippen LogP) is 2.39. The van der Waals surface area contributed by atoms with Crippen LogP contribution in [0.25, 0.3) is 0 Å². The van der Waals surface area contributed by atoms with Crippen molar-refractivity contribution in [2.75, 3.05) is 0 Å². The predicted molar refractivity (Wildman–Crippen MR) is 56.7 cm³/mol. The van der Waals surface area contributed by atoms with Crippen molar-refractivity contribution < 1.29 is 5.11 Å². The normalized spacial score (nSPS) is 17.5. The quantitative estimate of drug-likeness (QED) is 0.878. The van der Waals surface area contributed by atoms with Gasteiger partial charge in [0.25, 0.3) is 0 Å². The lowest BCUT2D eigenvalue weighted by Gasteiger charge is -2.09. The molecule has 3 heteroatoms. The molecule has 1 N–H and O–H groups in total. The minimum atomic E-state index is -0.503. The van der Waals surface area contributed by atoms with Gasteiger partial charge in [-0.3, -0.25) is 0 Å². The first-order chi connectivity index (χ1) is 6.63. The molecule has 0 bridgehead atoms. The van der Waals surface area contributed by atoms with Crippen molar-refractivity contribution in [1.29, 1.82) is 5.26 Å². The Morgan fingerprint density at radius 1 is 1.50 bits per heavy atom. The van der Waals surface area contributed by atoms with Crippen LogP contribution in [0.1, 0.15) is 24.0 Å². The number of aliphatic hydroxyl groups is 1. The minimum Gasteiger partial charge on any atom is -0.390 e. The first-order valence-corrected chi connectivity index (χ1v) is 5.33. The van der Waals surface area contributed by atoms with Crippen LogP contribution >= 0.6 is 15.9 Å². The molecule has 0 unspecified atom stereocenters. The van der Waals surface area contributed by atoms with E-state index in [1.807, 2.05) is 12.1 Å². The highest BCUT2D eigenvalue weighted by Crippen LogP contribution is 2.39. The van der Waals surface area contributed by atoms with Crippen molar-refractivity contribution in [2.45, 2.75) is 24.9 Å². The molecule has 1 aromatic carbocycles. The lowest BCUT2D eigenvalue weighted by Crippen LogP contribution is -2.11. The van der Waals surface area contributed by atoms with Gasteiger partial charge in [-0.1, -0.05) is 15.9 Å². The maximum atomic E-state index is 9.77. The van der Waals surface area contributed by atoms with E-state index in [-0.39, 0.29) is 0 Å². The summed E-state index contributed by atoms with van der Waals surface area (Å²) < 4.78 is 0.969. The molecule has 0 atom stereocenters. The number of hydrogen-bond donors (Lipinski definition) is 1. The first kappa shape index (κ1) is 9.70. The first-order valence-electron chi connectivity index (χ1n) is 4.54. The molecule has 0 saturated heterocycles. The molecule has 1 aliphatic rings. The zero-order valence-corrected chi connectivity index (χ0v) is 9.21. The van der Waals surface area contributed by atoms with Crippen LogP contribution in [0.5, 0.6) is 0 Å². The van der Waals surface area contributed by atoms with Gasteiger partial charge in [-0.2, -0.15) is 5.26 Å². The Kier molecular flexibility index (Phi) is 2.34. The van der Waals surface area contributed by atoms with Gasteiger partial charge in [0.2, 0.25) is 0 Å². The van der Waals surface area contributed by atoms with Gasteiger partial charge in [0.15, 0.2) is 0 Å².